The molecule has 2 aromatic heterocycles. The first-order chi connectivity index (χ1) is 16.7. The third-order valence-corrected chi connectivity index (χ3v) is 8.98. The number of anilines is 2. The second kappa shape index (κ2) is 9.05. The van der Waals surface area contributed by atoms with Crippen molar-refractivity contribution in [2.75, 3.05) is 18.9 Å². The van der Waals surface area contributed by atoms with Crippen molar-refractivity contribution in [1.29, 1.82) is 0 Å². The molecule has 1 aromatic carbocycles. The maximum Gasteiger partial charge on any atom is 0.410 e. The Hall–Kier alpha value is -3.16. The maximum absolute atomic E-state index is 15.2. The molecule has 1 atom stereocenters. The number of amidine groups is 1. The molecule has 3 heterocycles. The van der Waals surface area contributed by atoms with Gasteiger partial charge in [0.25, 0.3) is 0 Å². The van der Waals surface area contributed by atoms with E-state index in [1.54, 1.807) is 19.3 Å². The molecule has 0 unspecified atom stereocenters. The van der Waals surface area contributed by atoms with Crippen molar-refractivity contribution in [3.63, 3.8) is 0 Å². The molecule has 0 saturated heterocycles. The number of carbonyl (C=O) groups is 1. The first-order valence-corrected chi connectivity index (χ1v) is 13.0. The highest BCUT2D eigenvalue weighted by Gasteiger charge is 2.49. The Morgan fingerprint density at radius 1 is 1.19 bits per heavy atom. The van der Waals surface area contributed by atoms with E-state index in [0.29, 0.717) is 17.0 Å². The molecule has 0 radical (unpaired) electrons. The van der Waals surface area contributed by atoms with Gasteiger partial charge in [0.1, 0.15) is 27.5 Å². The predicted octanol–water partition coefficient (Wildman–Crippen LogP) is 4.21. The summed E-state index contributed by atoms with van der Waals surface area (Å²) in [6.07, 6.45) is 1.79. The molecular weight excluding hydrogens is 555 g/mol. The number of amides is 1. The number of likely N-dealkylation sites (N-methyl/N-ethyl adjacent to an activating group) is 1. The fourth-order valence-corrected chi connectivity index (χ4v) is 6.04. The average molecular weight is 579 g/mol. The van der Waals surface area contributed by atoms with Crippen LogP contribution in [0.1, 0.15) is 26.3 Å². The second-order valence-electron chi connectivity index (χ2n) is 9.14. The van der Waals surface area contributed by atoms with E-state index in [1.165, 1.54) is 39.1 Å². The van der Waals surface area contributed by atoms with Gasteiger partial charge in [-0.1, -0.05) is 0 Å². The third kappa shape index (κ3) is 4.53. The van der Waals surface area contributed by atoms with Crippen LogP contribution >= 0.6 is 15.9 Å². The lowest BCUT2D eigenvalue weighted by atomic mass is 9.91. The molecule has 0 aliphatic carbocycles. The number of hydrogen-bond donors (Lipinski definition) is 3. The van der Waals surface area contributed by atoms with E-state index in [2.05, 4.69) is 41.5 Å². The van der Waals surface area contributed by atoms with E-state index in [1.807, 2.05) is 12.1 Å². The molecule has 0 fully saturated rings. The highest BCUT2D eigenvalue weighted by molar-refractivity contribution is 9.10. The summed E-state index contributed by atoms with van der Waals surface area (Å²) in [5.74, 6) is -0.480. The van der Waals surface area contributed by atoms with Crippen LogP contribution in [-0.4, -0.2) is 58.1 Å². The fourth-order valence-electron chi connectivity index (χ4n) is 4.15. The van der Waals surface area contributed by atoms with Crippen LogP contribution in [0.4, 0.5) is 20.7 Å². The number of benzene rings is 1. The SMILES string of the molecule is CN1C[C@@](C)(c2cc(Nc3nccc4cc(Br)cnc34)ccc2F)N=C(NC(=O)O)C(C)(C)S1(=O)=O. The highest BCUT2D eigenvalue weighted by atomic mass is 79.9. The molecule has 0 saturated carbocycles. The van der Waals surface area contributed by atoms with Crippen molar-refractivity contribution in [1.82, 2.24) is 19.6 Å². The van der Waals surface area contributed by atoms with Crippen LogP contribution < -0.4 is 10.6 Å². The summed E-state index contributed by atoms with van der Waals surface area (Å²) in [5.41, 5.74) is -0.308. The van der Waals surface area contributed by atoms with E-state index >= 15 is 4.39 Å². The minimum atomic E-state index is -4.03. The van der Waals surface area contributed by atoms with Gasteiger partial charge in [-0.2, -0.15) is 0 Å². The summed E-state index contributed by atoms with van der Waals surface area (Å²) in [4.78, 5) is 24.7. The topological polar surface area (TPSA) is 137 Å². The largest absolute Gasteiger partial charge is 0.465 e. The third-order valence-electron chi connectivity index (χ3n) is 6.12. The van der Waals surface area contributed by atoms with E-state index in [9.17, 15) is 18.3 Å². The summed E-state index contributed by atoms with van der Waals surface area (Å²) in [6.45, 7) is 4.05. The number of rotatable bonds is 3. The van der Waals surface area contributed by atoms with Crippen LogP contribution in [0.15, 0.2) is 52.2 Å². The van der Waals surface area contributed by atoms with Gasteiger partial charge in [0.05, 0.1) is 0 Å². The van der Waals surface area contributed by atoms with Crippen LogP contribution in [0.3, 0.4) is 0 Å². The monoisotopic (exact) mass is 578 g/mol. The minimum absolute atomic E-state index is 0.0767. The molecule has 10 nitrogen and oxygen atoms in total. The van der Waals surface area contributed by atoms with Gasteiger partial charge in [-0.05, 0) is 67.0 Å². The Kier molecular flexibility index (Phi) is 6.52. The minimum Gasteiger partial charge on any atom is -0.465 e. The average Bonchev–Trinajstić information content (AvgIpc) is 2.83. The van der Waals surface area contributed by atoms with Crippen molar-refractivity contribution in [2.45, 2.75) is 31.1 Å². The lowest BCUT2D eigenvalue weighted by molar-refractivity contribution is 0.199. The molecular formula is C23H24BrFN6O4S. The summed E-state index contributed by atoms with van der Waals surface area (Å²) in [5, 5.41) is 15.4. The number of aliphatic imine (C=N–C) groups is 1. The first-order valence-electron chi connectivity index (χ1n) is 10.8. The summed E-state index contributed by atoms with van der Waals surface area (Å²) in [6, 6.07) is 7.97. The number of pyridine rings is 2. The molecule has 1 aliphatic heterocycles. The molecule has 13 heteroatoms. The van der Waals surface area contributed by atoms with Gasteiger partial charge in [0, 0.05) is 47.1 Å². The number of sulfonamides is 1. The molecule has 0 spiro atoms. The van der Waals surface area contributed by atoms with Gasteiger partial charge in [0.15, 0.2) is 5.82 Å². The van der Waals surface area contributed by atoms with Gasteiger partial charge in [-0.25, -0.2) is 26.9 Å². The van der Waals surface area contributed by atoms with Gasteiger partial charge in [-0.3, -0.25) is 15.3 Å². The van der Waals surface area contributed by atoms with Crippen molar-refractivity contribution in [3.05, 3.63) is 58.6 Å². The Labute approximate surface area is 215 Å². The van der Waals surface area contributed by atoms with Crippen LogP contribution in [0.2, 0.25) is 0 Å². The van der Waals surface area contributed by atoms with E-state index in [0.717, 1.165) is 14.2 Å². The molecule has 3 aromatic rings. The van der Waals surface area contributed by atoms with Crippen LogP contribution in [0, 0.1) is 5.82 Å². The standard InChI is InChI=1S/C23H24BrFN6O4S/c1-22(2)20(29-21(32)33)30-23(3,12-31(4)36(22,34)35)16-10-15(5-6-17(16)25)28-19-18-13(7-8-26-19)9-14(24)11-27-18/h5-11H,12H2,1-4H3,(H,26,28)(H,29,30)(H,32,33)/t23-/m0/s1. The quantitative estimate of drug-likeness (QED) is 0.423. The van der Waals surface area contributed by atoms with Crippen molar-refractivity contribution < 1.29 is 22.7 Å². The highest BCUT2D eigenvalue weighted by Crippen LogP contribution is 2.37. The summed E-state index contributed by atoms with van der Waals surface area (Å²) in [7, 11) is -2.67. The lowest BCUT2D eigenvalue weighted by Crippen LogP contribution is -2.52. The number of nitrogens with one attached hydrogen (secondary N) is 2. The summed E-state index contributed by atoms with van der Waals surface area (Å²) < 4.78 is 41.8. The van der Waals surface area contributed by atoms with E-state index in [4.69, 9.17) is 0 Å². The van der Waals surface area contributed by atoms with Crippen molar-refractivity contribution in [3.8, 4) is 0 Å². The molecule has 36 heavy (non-hydrogen) atoms. The van der Waals surface area contributed by atoms with Gasteiger partial charge < -0.3 is 10.4 Å². The zero-order valence-electron chi connectivity index (χ0n) is 19.9. The normalized spacial score (nSPS) is 21.4. The van der Waals surface area contributed by atoms with Crippen molar-refractivity contribution in [2.24, 2.45) is 4.99 Å². The zero-order valence-corrected chi connectivity index (χ0v) is 22.3. The molecule has 1 amide bonds. The smallest absolute Gasteiger partial charge is 0.410 e. The maximum atomic E-state index is 15.2. The van der Waals surface area contributed by atoms with Crippen LogP contribution in [0.5, 0.6) is 0 Å². The van der Waals surface area contributed by atoms with E-state index < -0.39 is 32.2 Å². The fraction of sp³-hybridized carbons (Fsp3) is 0.304. The Morgan fingerprint density at radius 3 is 2.61 bits per heavy atom. The lowest BCUT2D eigenvalue weighted by Gasteiger charge is -2.30. The van der Waals surface area contributed by atoms with Gasteiger partial charge in [0.2, 0.25) is 10.0 Å². The Morgan fingerprint density at radius 2 is 1.92 bits per heavy atom. The number of nitrogens with zero attached hydrogens (tertiary/aromatic N) is 4. The number of hydrogen-bond acceptors (Lipinski definition) is 7. The first kappa shape index (κ1) is 25.9. The molecule has 0 bridgehead atoms. The number of aromatic nitrogens is 2. The van der Waals surface area contributed by atoms with Crippen LogP contribution in [0.25, 0.3) is 10.9 Å². The molecule has 3 N–H and O–H groups in total. The summed E-state index contributed by atoms with van der Waals surface area (Å²) >= 11 is 3.39. The second-order valence-corrected chi connectivity index (χ2v) is 12.7. The Balaban J connectivity index is 1.83. The number of fused-ring (bicyclic) bond motifs is 1. The molecule has 1 aliphatic rings. The van der Waals surface area contributed by atoms with Crippen molar-refractivity contribution >= 4 is 60.3 Å². The van der Waals surface area contributed by atoms with Crippen LogP contribution in [-0.2, 0) is 15.6 Å². The van der Waals surface area contributed by atoms with Gasteiger partial charge in [-0.15, -0.1) is 0 Å². The number of carboxylic acid groups (broad SMARTS) is 1. The zero-order chi connectivity index (χ0) is 26.5. The predicted molar refractivity (Wildman–Crippen MR) is 138 cm³/mol. The molecule has 4 rings (SSSR count). The van der Waals surface area contributed by atoms with Gasteiger partial charge >= 0.3 is 6.09 Å². The molecule has 190 valence electrons. The number of halogens is 2. The van der Waals surface area contributed by atoms with E-state index in [-0.39, 0.29) is 17.9 Å². The Bertz CT molecular complexity index is 1510.